The summed E-state index contributed by atoms with van der Waals surface area (Å²) in [4.78, 5) is 28.2. The highest BCUT2D eigenvalue weighted by Gasteiger charge is 2.49. The lowest BCUT2D eigenvalue weighted by Crippen LogP contribution is -2.64. The molecule has 3 aromatic rings. The average Bonchev–Trinajstić information content (AvgIpc) is 3.22. The average molecular weight is 436 g/mol. The summed E-state index contributed by atoms with van der Waals surface area (Å²) in [6.07, 6.45) is 0.622. The molecular formula is C24H25FN4O3. The van der Waals surface area contributed by atoms with Gasteiger partial charge in [-0.15, -0.1) is 0 Å². The van der Waals surface area contributed by atoms with Gasteiger partial charge in [0, 0.05) is 25.8 Å². The highest BCUT2D eigenvalue weighted by Crippen LogP contribution is 2.35. The zero-order valence-electron chi connectivity index (χ0n) is 18.0. The van der Waals surface area contributed by atoms with Crippen molar-refractivity contribution in [1.29, 1.82) is 0 Å². The summed E-state index contributed by atoms with van der Waals surface area (Å²) in [5.74, 6) is -1.44. The van der Waals surface area contributed by atoms with Crippen LogP contribution in [0, 0.1) is 5.82 Å². The number of hydrogen-bond acceptors (Lipinski definition) is 4. The number of fused-ring (bicyclic) bond motifs is 1. The number of amides is 2. The molecule has 2 aromatic carbocycles. The predicted molar refractivity (Wildman–Crippen MR) is 119 cm³/mol. The number of methoxy groups -OCH3 is 1. The number of rotatable bonds is 7. The molecule has 7 nitrogen and oxygen atoms in total. The second-order valence-electron chi connectivity index (χ2n) is 7.91. The lowest BCUT2D eigenvalue weighted by atomic mass is 9.93. The van der Waals surface area contributed by atoms with E-state index in [0.29, 0.717) is 31.0 Å². The third-order valence-corrected chi connectivity index (χ3v) is 5.62. The summed E-state index contributed by atoms with van der Waals surface area (Å²) >= 11 is 0. The van der Waals surface area contributed by atoms with E-state index in [4.69, 9.17) is 4.74 Å². The predicted octanol–water partition coefficient (Wildman–Crippen LogP) is 3.26. The normalized spacial score (nSPS) is 17.8. The molecule has 1 aromatic heterocycles. The van der Waals surface area contributed by atoms with E-state index >= 15 is 0 Å². The first-order chi connectivity index (χ1) is 15.5. The van der Waals surface area contributed by atoms with Crippen LogP contribution in [0.2, 0.25) is 0 Å². The number of nitrogens with zero attached hydrogens (tertiary/aromatic N) is 3. The molecule has 2 heterocycles. The van der Waals surface area contributed by atoms with Crippen LogP contribution in [0.15, 0.2) is 60.7 Å². The summed E-state index contributed by atoms with van der Waals surface area (Å²) in [6.45, 7) is 2.60. The molecule has 0 radical (unpaired) electrons. The van der Waals surface area contributed by atoms with Crippen LogP contribution in [0.3, 0.4) is 0 Å². The lowest BCUT2D eigenvalue weighted by Gasteiger charge is -2.43. The van der Waals surface area contributed by atoms with Crippen molar-refractivity contribution in [3.8, 4) is 11.3 Å². The largest absolute Gasteiger partial charge is 0.385 e. The molecular weight excluding hydrogens is 411 g/mol. The lowest BCUT2D eigenvalue weighted by molar-refractivity contribution is -0.126. The maximum absolute atomic E-state index is 14.8. The monoisotopic (exact) mass is 436 g/mol. The van der Waals surface area contributed by atoms with Crippen molar-refractivity contribution < 1.29 is 18.7 Å². The molecule has 1 atom stereocenters. The highest BCUT2D eigenvalue weighted by molar-refractivity contribution is 6.12. The molecule has 1 N–H and O–H groups in total. The summed E-state index contributed by atoms with van der Waals surface area (Å²) in [7, 11) is 1.59. The smallest absolute Gasteiger partial charge is 0.277 e. The van der Waals surface area contributed by atoms with Crippen LogP contribution in [0.4, 0.5) is 10.1 Å². The van der Waals surface area contributed by atoms with Crippen LogP contribution < -0.4 is 10.2 Å². The Balaban J connectivity index is 1.76. The van der Waals surface area contributed by atoms with E-state index in [9.17, 15) is 14.0 Å². The van der Waals surface area contributed by atoms with Crippen LogP contribution in [-0.4, -0.2) is 47.4 Å². The van der Waals surface area contributed by atoms with Gasteiger partial charge in [0.15, 0.2) is 0 Å². The molecule has 0 spiro atoms. The number of anilines is 1. The van der Waals surface area contributed by atoms with Gasteiger partial charge in [0.1, 0.15) is 17.1 Å². The SMILES string of the molecule is COCCCNC(=O)[C@]1(C)Cn2nc(-c3ccccc3)cc2C(=O)N1c1ccccc1F. The summed E-state index contributed by atoms with van der Waals surface area (Å²) < 4.78 is 21.4. The van der Waals surface area contributed by atoms with E-state index in [0.717, 1.165) is 5.56 Å². The number of nitrogens with one attached hydrogen (secondary N) is 1. The van der Waals surface area contributed by atoms with Gasteiger partial charge < -0.3 is 10.1 Å². The van der Waals surface area contributed by atoms with Crippen molar-refractivity contribution in [3.63, 3.8) is 0 Å². The Morgan fingerprint density at radius 1 is 1.19 bits per heavy atom. The van der Waals surface area contributed by atoms with Gasteiger partial charge in [-0.05, 0) is 31.5 Å². The van der Waals surface area contributed by atoms with Gasteiger partial charge in [0.2, 0.25) is 5.91 Å². The minimum absolute atomic E-state index is 0.0563. The number of ether oxygens (including phenoxy) is 1. The first kappa shape index (κ1) is 21.7. The van der Waals surface area contributed by atoms with E-state index in [2.05, 4.69) is 10.4 Å². The number of para-hydroxylation sites is 1. The molecule has 0 saturated carbocycles. The van der Waals surface area contributed by atoms with E-state index in [-0.39, 0.29) is 18.1 Å². The van der Waals surface area contributed by atoms with Crippen LogP contribution in [0.5, 0.6) is 0 Å². The number of carbonyl (C=O) groups excluding carboxylic acids is 2. The number of aromatic nitrogens is 2. The van der Waals surface area contributed by atoms with Gasteiger partial charge in [0.25, 0.3) is 5.91 Å². The van der Waals surface area contributed by atoms with Gasteiger partial charge in [0.05, 0.1) is 17.9 Å². The Hall–Kier alpha value is -3.52. The topological polar surface area (TPSA) is 76.5 Å². The van der Waals surface area contributed by atoms with Crippen LogP contribution >= 0.6 is 0 Å². The molecule has 0 saturated heterocycles. The first-order valence-electron chi connectivity index (χ1n) is 10.5. The molecule has 32 heavy (non-hydrogen) atoms. The van der Waals surface area contributed by atoms with Crippen LogP contribution in [0.25, 0.3) is 11.3 Å². The molecule has 4 rings (SSSR count). The minimum Gasteiger partial charge on any atom is -0.385 e. The fraction of sp³-hybridized carbons (Fsp3) is 0.292. The molecule has 8 heteroatoms. The molecule has 0 fully saturated rings. The summed E-state index contributed by atoms with van der Waals surface area (Å²) in [5, 5.41) is 7.45. The van der Waals surface area contributed by atoms with E-state index in [1.807, 2.05) is 30.3 Å². The number of carbonyl (C=O) groups is 2. The molecule has 0 aliphatic carbocycles. The van der Waals surface area contributed by atoms with Crippen molar-refractivity contribution in [2.45, 2.75) is 25.4 Å². The standard InChI is InChI=1S/C24H25FN4O3/c1-24(23(31)26-13-8-14-32-2)16-28-21(15-19(27-28)17-9-4-3-5-10-17)22(30)29(24)20-12-7-6-11-18(20)25/h3-7,9-12,15H,8,13-14,16H2,1-2H3,(H,26,31)/t24-/m0/s1. The van der Waals surface area contributed by atoms with Gasteiger partial charge in [-0.3, -0.25) is 19.2 Å². The molecule has 0 unspecified atom stereocenters. The van der Waals surface area contributed by atoms with Gasteiger partial charge in [-0.2, -0.15) is 5.10 Å². The number of hydrogen-bond donors (Lipinski definition) is 1. The quantitative estimate of drug-likeness (QED) is 0.577. The van der Waals surface area contributed by atoms with E-state index in [1.165, 1.54) is 21.7 Å². The van der Waals surface area contributed by atoms with Gasteiger partial charge in [-0.25, -0.2) is 4.39 Å². The van der Waals surface area contributed by atoms with E-state index < -0.39 is 17.3 Å². The molecule has 1 aliphatic rings. The fourth-order valence-electron chi connectivity index (χ4n) is 3.95. The second kappa shape index (κ2) is 8.92. The fourth-order valence-corrected chi connectivity index (χ4v) is 3.95. The zero-order chi connectivity index (χ0) is 22.7. The van der Waals surface area contributed by atoms with Crippen molar-refractivity contribution >= 4 is 17.5 Å². The van der Waals surface area contributed by atoms with Crippen molar-refractivity contribution in [1.82, 2.24) is 15.1 Å². The molecule has 0 bridgehead atoms. The maximum atomic E-state index is 14.8. The zero-order valence-corrected chi connectivity index (χ0v) is 18.0. The minimum atomic E-state index is -1.38. The Kier molecular flexibility index (Phi) is 6.05. The summed E-state index contributed by atoms with van der Waals surface area (Å²) in [6, 6.07) is 17.1. The Bertz CT molecular complexity index is 1130. The maximum Gasteiger partial charge on any atom is 0.277 e. The first-order valence-corrected chi connectivity index (χ1v) is 10.5. The van der Waals surface area contributed by atoms with Crippen LogP contribution in [0.1, 0.15) is 23.8 Å². The third-order valence-electron chi connectivity index (χ3n) is 5.62. The summed E-state index contributed by atoms with van der Waals surface area (Å²) in [5.41, 5.74) is 0.453. The van der Waals surface area contributed by atoms with E-state index in [1.54, 1.807) is 32.2 Å². The van der Waals surface area contributed by atoms with Gasteiger partial charge >= 0.3 is 0 Å². The number of halogens is 1. The second-order valence-corrected chi connectivity index (χ2v) is 7.91. The van der Waals surface area contributed by atoms with Crippen molar-refractivity contribution in [2.75, 3.05) is 25.2 Å². The third kappa shape index (κ3) is 3.89. The van der Waals surface area contributed by atoms with Crippen molar-refractivity contribution in [3.05, 3.63) is 72.2 Å². The molecule has 166 valence electrons. The van der Waals surface area contributed by atoms with Crippen molar-refractivity contribution in [2.24, 2.45) is 0 Å². The Morgan fingerprint density at radius 2 is 1.91 bits per heavy atom. The molecule has 1 aliphatic heterocycles. The highest BCUT2D eigenvalue weighted by atomic mass is 19.1. The van der Waals surface area contributed by atoms with Crippen LogP contribution in [-0.2, 0) is 16.1 Å². The Morgan fingerprint density at radius 3 is 2.62 bits per heavy atom. The van der Waals surface area contributed by atoms with Gasteiger partial charge in [-0.1, -0.05) is 42.5 Å². The Labute approximate surface area is 185 Å². The molecule has 2 amide bonds. The number of benzene rings is 2.